The molecular formula is C17H15BrN2O. The minimum Gasteiger partial charge on any atom is -0.388 e. The minimum atomic E-state index is -0.565. The van der Waals surface area contributed by atoms with Crippen molar-refractivity contribution in [1.29, 1.82) is 0 Å². The van der Waals surface area contributed by atoms with Crippen LogP contribution >= 0.6 is 15.9 Å². The predicted octanol–water partition coefficient (Wildman–Crippen LogP) is 3.98. The molecule has 106 valence electrons. The van der Waals surface area contributed by atoms with Gasteiger partial charge in [0.1, 0.15) is 0 Å². The highest BCUT2D eigenvalue weighted by Crippen LogP contribution is 2.22. The number of aliphatic hydroxyl groups is 1. The summed E-state index contributed by atoms with van der Waals surface area (Å²) in [6, 6.07) is 13.7. The van der Waals surface area contributed by atoms with Crippen LogP contribution in [0.15, 0.2) is 53.1 Å². The third-order valence-electron chi connectivity index (χ3n) is 3.43. The van der Waals surface area contributed by atoms with Gasteiger partial charge in [0.05, 0.1) is 11.6 Å². The lowest BCUT2D eigenvalue weighted by Gasteiger charge is -2.11. The average Bonchev–Trinajstić information content (AvgIpc) is 2.49. The minimum absolute atomic E-state index is 0.498. The van der Waals surface area contributed by atoms with Crippen LogP contribution < -0.4 is 0 Å². The van der Waals surface area contributed by atoms with Gasteiger partial charge >= 0.3 is 0 Å². The first-order valence-corrected chi connectivity index (χ1v) is 7.57. The Labute approximate surface area is 131 Å². The summed E-state index contributed by atoms with van der Waals surface area (Å²) in [5.74, 6) is 0. The molecular weight excluding hydrogens is 328 g/mol. The summed E-state index contributed by atoms with van der Waals surface area (Å²) in [5, 5.41) is 11.4. The van der Waals surface area contributed by atoms with E-state index in [0.717, 1.165) is 32.3 Å². The van der Waals surface area contributed by atoms with Crippen molar-refractivity contribution in [2.45, 2.75) is 19.4 Å². The van der Waals surface area contributed by atoms with E-state index < -0.39 is 6.10 Å². The van der Waals surface area contributed by atoms with Gasteiger partial charge in [0.25, 0.3) is 0 Å². The van der Waals surface area contributed by atoms with E-state index in [1.165, 1.54) is 0 Å². The van der Waals surface area contributed by atoms with E-state index in [2.05, 4.69) is 25.9 Å². The Hall–Kier alpha value is -1.78. The van der Waals surface area contributed by atoms with Gasteiger partial charge in [-0.05, 0) is 58.7 Å². The molecule has 0 spiro atoms. The van der Waals surface area contributed by atoms with E-state index in [1.54, 1.807) is 6.20 Å². The van der Waals surface area contributed by atoms with Crippen LogP contribution in [0, 0.1) is 6.92 Å². The van der Waals surface area contributed by atoms with Crippen LogP contribution in [-0.4, -0.2) is 15.1 Å². The van der Waals surface area contributed by atoms with Crippen molar-refractivity contribution in [3.8, 4) is 0 Å². The van der Waals surface area contributed by atoms with Crippen LogP contribution in [0.4, 0.5) is 0 Å². The Balaban J connectivity index is 1.85. The lowest BCUT2D eigenvalue weighted by atomic mass is 10.0. The molecule has 0 saturated heterocycles. The zero-order valence-electron chi connectivity index (χ0n) is 11.6. The van der Waals surface area contributed by atoms with Crippen molar-refractivity contribution in [2.75, 3.05) is 0 Å². The summed E-state index contributed by atoms with van der Waals surface area (Å²) in [4.78, 5) is 8.77. The monoisotopic (exact) mass is 342 g/mol. The lowest BCUT2D eigenvalue weighted by Crippen LogP contribution is -2.03. The molecule has 0 aliphatic rings. The summed E-state index contributed by atoms with van der Waals surface area (Å²) in [6.07, 6.45) is 1.68. The molecule has 3 nitrogen and oxygen atoms in total. The largest absolute Gasteiger partial charge is 0.388 e. The van der Waals surface area contributed by atoms with Crippen molar-refractivity contribution in [1.82, 2.24) is 9.97 Å². The summed E-state index contributed by atoms with van der Waals surface area (Å²) in [5.41, 5.74) is 3.70. The van der Waals surface area contributed by atoms with E-state index in [-0.39, 0.29) is 0 Å². The number of hydrogen-bond donors (Lipinski definition) is 1. The standard InChI is InChI=1S/C17H15BrN2O/c1-11-2-3-12-8-13(4-7-16(12)20-11)17(21)9-15-6-5-14(18)10-19-15/h2-8,10,17,21H,9H2,1H3. The first-order valence-electron chi connectivity index (χ1n) is 6.77. The summed E-state index contributed by atoms with van der Waals surface area (Å²) < 4.78 is 0.938. The Morgan fingerprint density at radius 3 is 2.76 bits per heavy atom. The van der Waals surface area contributed by atoms with Crippen LogP contribution in [0.25, 0.3) is 10.9 Å². The molecule has 0 radical (unpaired) electrons. The van der Waals surface area contributed by atoms with Crippen molar-refractivity contribution < 1.29 is 5.11 Å². The molecule has 1 unspecified atom stereocenters. The van der Waals surface area contributed by atoms with E-state index in [0.29, 0.717) is 6.42 Å². The zero-order valence-corrected chi connectivity index (χ0v) is 13.2. The number of aliphatic hydroxyl groups excluding tert-OH is 1. The Bertz CT molecular complexity index is 771. The highest BCUT2D eigenvalue weighted by atomic mass is 79.9. The van der Waals surface area contributed by atoms with Crippen molar-refractivity contribution in [2.24, 2.45) is 0 Å². The highest BCUT2D eigenvalue weighted by Gasteiger charge is 2.10. The van der Waals surface area contributed by atoms with E-state index >= 15 is 0 Å². The Morgan fingerprint density at radius 2 is 2.00 bits per heavy atom. The second-order valence-corrected chi connectivity index (χ2v) is 6.01. The first kappa shape index (κ1) is 14.2. The molecule has 0 bridgehead atoms. The molecule has 2 heterocycles. The van der Waals surface area contributed by atoms with Gasteiger partial charge in [-0.1, -0.05) is 12.1 Å². The molecule has 3 rings (SSSR count). The van der Waals surface area contributed by atoms with Gasteiger partial charge in [-0.25, -0.2) is 0 Å². The number of hydrogen-bond acceptors (Lipinski definition) is 3. The van der Waals surface area contributed by atoms with Crippen LogP contribution in [-0.2, 0) is 6.42 Å². The molecule has 0 aliphatic heterocycles. The average molecular weight is 343 g/mol. The fraction of sp³-hybridized carbons (Fsp3) is 0.176. The van der Waals surface area contributed by atoms with Gasteiger partial charge in [0.2, 0.25) is 0 Å². The number of benzene rings is 1. The molecule has 2 aromatic heterocycles. The Kier molecular flexibility index (Phi) is 3.99. The second kappa shape index (κ2) is 5.92. The van der Waals surface area contributed by atoms with Gasteiger partial charge < -0.3 is 5.11 Å². The Morgan fingerprint density at radius 1 is 1.14 bits per heavy atom. The molecule has 0 aliphatic carbocycles. The van der Waals surface area contributed by atoms with Crippen LogP contribution in [0.1, 0.15) is 23.1 Å². The van der Waals surface area contributed by atoms with Gasteiger partial charge in [0.15, 0.2) is 0 Å². The van der Waals surface area contributed by atoms with Gasteiger partial charge in [-0.3, -0.25) is 9.97 Å². The number of aryl methyl sites for hydroxylation is 1. The van der Waals surface area contributed by atoms with Crippen LogP contribution in [0.2, 0.25) is 0 Å². The summed E-state index contributed by atoms with van der Waals surface area (Å²) >= 11 is 3.36. The third-order valence-corrected chi connectivity index (χ3v) is 3.90. The van der Waals surface area contributed by atoms with Crippen molar-refractivity contribution in [3.05, 3.63) is 70.1 Å². The fourth-order valence-corrected chi connectivity index (χ4v) is 2.53. The van der Waals surface area contributed by atoms with E-state index in [4.69, 9.17) is 0 Å². The van der Waals surface area contributed by atoms with E-state index in [9.17, 15) is 5.11 Å². The molecule has 1 N–H and O–H groups in total. The maximum Gasteiger partial charge on any atom is 0.0845 e. The van der Waals surface area contributed by atoms with Crippen molar-refractivity contribution in [3.63, 3.8) is 0 Å². The van der Waals surface area contributed by atoms with Crippen molar-refractivity contribution >= 4 is 26.8 Å². The first-order chi connectivity index (χ1) is 10.1. The van der Waals surface area contributed by atoms with Gasteiger partial charge in [0, 0.05) is 33.9 Å². The predicted molar refractivity (Wildman–Crippen MR) is 87.1 cm³/mol. The second-order valence-electron chi connectivity index (χ2n) is 5.09. The molecule has 1 aromatic carbocycles. The number of nitrogens with zero attached hydrogens (tertiary/aromatic N) is 2. The highest BCUT2D eigenvalue weighted by molar-refractivity contribution is 9.10. The molecule has 0 amide bonds. The normalized spacial score (nSPS) is 12.5. The summed E-state index contributed by atoms with van der Waals surface area (Å²) in [7, 11) is 0. The third kappa shape index (κ3) is 3.28. The molecule has 4 heteroatoms. The maximum atomic E-state index is 10.4. The lowest BCUT2D eigenvalue weighted by molar-refractivity contribution is 0.177. The molecule has 0 saturated carbocycles. The molecule has 1 atom stereocenters. The topological polar surface area (TPSA) is 46.0 Å². The zero-order chi connectivity index (χ0) is 14.8. The molecule has 0 fully saturated rings. The summed E-state index contributed by atoms with van der Waals surface area (Å²) in [6.45, 7) is 1.97. The van der Waals surface area contributed by atoms with E-state index in [1.807, 2.05) is 49.4 Å². The van der Waals surface area contributed by atoms with Crippen LogP contribution in [0.3, 0.4) is 0 Å². The van der Waals surface area contributed by atoms with Crippen LogP contribution in [0.5, 0.6) is 0 Å². The SMILES string of the molecule is Cc1ccc2cc(C(O)Cc3ccc(Br)cn3)ccc2n1. The number of halogens is 1. The van der Waals surface area contributed by atoms with Gasteiger partial charge in [-0.15, -0.1) is 0 Å². The number of pyridine rings is 2. The van der Waals surface area contributed by atoms with Gasteiger partial charge in [-0.2, -0.15) is 0 Å². The number of aromatic nitrogens is 2. The molecule has 21 heavy (non-hydrogen) atoms. The maximum absolute atomic E-state index is 10.4. The fourth-order valence-electron chi connectivity index (χ4n) is 2.30. The quantitative estimate of drug-likeness (QED) is 0.783. The number of rotatable bonds is 3. The smallest absolute Gasteiger partial charge is 0.0845 e. The molecule has 3 aromatic rings. The number of fused-ring (bicyclic) bond motifs is 1.